The molecule has 0 radical (unpaired) electrons. The number of rotatable bonds is 7. The highest BCUT2D eigenvalue weighted by Gasteiger charge is 2.45. The van der Waals surface area contributed by atoms with Crippen LogP contribution in [0.25, 0.3) is 32.0 Å². The Morgan fingerprint density at radius 3 is 2.72 bits per heavy atom. The number of nitriles is 1. The van der Waals surface area contributed by atoms with Crippen molar-refractivity contribution in [2.45, 2.75) is 50.6 Å². The molecule has 0 bridgehead atoms. The number of aromatic amines is 1. The molecule has 1 saturated heterocycles. The maximum absolute atomic E-state index is 14.7. The fourth-order valence-electron chi connectivity index (χ4n) is 7.68. The number of nitrogens with one attached hydrogen (secondary N) is 2. The van der Waals surface area contributed by atoms with Crippen molar-refractivity contribution in [3.8, 4) is 28.0 Å². The average Bonchev–Trinajstić information content (AvgIpc) is 3.96. The van der Waals surface area contributed by atoms with Crippen LogP contribution >= 0.6 is 11.3 Å². The molecule has 1 aliphatic carbocycles. The first-order valence-electron chi connectivity index (χ1n) is 16.4. The van der Waals surface area contributed by atoms with Gasteiger partial charge in [0, 0.05) is 23.2 Å². The molecule has 2 unspecified atom stereocenters. The molecule has 0 spiro atoms. The fourth-order valence-corrected chi connectivity index (χ4v) is 8.84. The van der Waals surface area contributed by atoms with E-state index in [4.69, 9.17) is 9.40 Å². The number of amides is 1. The van der Waals surface area contributed by atoms with Gasteiger partial charge in [-0.1, -0.05) is 12.1 Å². The van der Waals surface area contributed by atoms with E-state index in [0.29, 0.717) is 66.1 Å². The van der Waals surface area contributed by atoms with Crippen LogP contribution in [0.2, 0.25) is 0 Å². The molecule has 2 N–H and O–H groups in total. The summed E-state index contributed by atoms with van der Waals surface area (Å²) in [5.41, 5.74) is 5.54. The van der Waals surface area contributed by atoms with E-state index in [9.17, 15) is 23.6 Å². The van der Waals surface area contributed by atoms with Gasteiger partial charge in [-0.2, -0.15) is 5.26 Å². The van der Waals surface area contributed by atoms with Gasteiger partial charge in [-0.15, -0.1) is 16.4 Å². The summed E-state index contributed by atoms with van der Waals surface area (Å²) in [6.45, 7) is 0.626. The summed E-state index contributed by atoms with van der Waals surface area (Å²) in [5.74, 6) is -1.08. The van der Waals surface area contributed by atoms with Gasteiger partial charge in [-0.3, -0.25) is 9.78 Å². The lowest BCUT2D eigenvalue weighted by Crippen LogP contribution is -2.22. The Kier molecular flexibility index (Phi) is 7.10. The monoisotopic (exact) mass is 687 g/mol. The molecular weight excluding hydrogens is 661 g/mol. The number of H-pyrrole nitrogens is 1. The molecule has 13 heteroatoms. The maximum Gasteiger partial charge on any atom is 0.434 e. The van der Waals surface area contributed by atoms with Gasteiger partial charge >= 0.3 is 5.76 Å². The molecule has 4 aromatic heterocycles. The number of anilines is 1. The number of benzene rings is 2. The number of hydrogen-bond acceptors (Lipinski definition) is 9. The highest BCUT2D eigenvalue weighted by molar-refractivity contribution is 7.23. The van der Waals surface area contributed by atoms with Crippen molar-refractivity contribution in [3.05, 3.63) is 116 Å². The predicted octanol–water partition coefficient (Wildman–Crippen LogP) is 7.03. The number of carbonyl (C=O) groups excluding carboxylic acids is 1. The molecular formula is C37H27F2N7O3S. The number of carbonyl (C=O) groups is 1. The number of nitrogens with zero attached hydrogens (tertiary/aromatic N) is 5. The van der Waals surface area contributed by atoms with Crippen LogP contribution < -0.4 is 11.1 Å². The summed E-state index contributed by atoms with van der Waals surface area (Å²) in [6, 6.07) is 14.8. The molecule has 6 heterocycles. The second-order valence-corrected chi connectivity index (χ2v) is 13.9. The first-order valence-corrected chi connectivity index (χ1v) is 17.2. The Morgan fingerprint density at radius 1 is 1.06 bits per heavy atom. The minimum absolute atomic E-state index is 0.0320. The number of aryl methyl sites for hydroxylation is 3. The summed E-state index contributed by atoms with van der Waals surface area (Å²) in [7, 11) is 0. The van der Waals surface area contributed by atoms with Gasteiger partial charge in [-0.25, -0.2) is 23.7 Å². The van der Waals surface area contributed by atoms with E-state index in [1.54, 1.807) is 24.4 Å². The van der Waals surface area contributed by atoms with Gasteiger partial charge in [0.2, 0.25) is 0 Å². The van der Waals surface area contributed by atoms with Gasteiger partial charge in [0.25, 0.3) is 11.8 Å². The second-order valence-electron chi connectivity index (χ2n) is 12.8. The third-order valence-electron chi connectivity index (χ3n) is 9.98. The van der Waals surface area contributed by atoms with Crippen molar-refractivity contribution in [2.24, 2.45) is 0 Å². The Morgan fingerprint density at radius 2 is 1.92 bits per heavy atom. The summed E-state index contributed by atoms with van der Waals surface area (Å²) < 4.78 is 34.8. The molecule has 10 nitrogen and oxygen atoms in total. The molecule has 3 aliphatic rings. The standard InChI is InChI=1S/C37H27F2N7O3S/c38-22-7-3-18(4-8-22)5-9-26-29(35-44-45-37(48)49-35)30(31-32(42-26)27-2-1-13-46(27)36(31)47)28-15-20-11-12-41-34(33(20)50-28)43-25-10-6-19-14-21(17-40)24(39)16-23(19)25/h3-4,7-8,11-12,14-16,25,27H,1-2,5-6,9-10,13H2,(H,41,43)(H,45,48). The zero-order chi connectivity index (χ0) is 34.1. The molecule has 2 aliphatic heterocycles. The number of thiophene rings is 1. The summed E-state index contributed by atoms with van der Waals surface area (Å²) in [5, 5.41) is 20.3. The smallest absolute Gasteiger partial charge is 0.388 e. The fraction of sp³-hybridized carbons (Fsp3) is 0.243. The van der Waals surface area contributed by atoms with Gasteiger partial charge in [-0.05, 0) is 97.0 Å². The van der Waals surface area contributed by atoms with Gasteiger partial charge in [0.15, 0.2) is 0 Å². The van der Waals surface area contributed by atoms with Crippen LogP contribution in [0.1, 0.15) is 75.3 Å². The van der Waals surface area contributed by atoms with Crippen LogP contribution in [0.4, 0.5) is 14.6 Å². The molecule has 6 aromatic rings. The quantitative estimate of drug-likeness (QED) is 0.182. The topological polar surface area (TPSA) is 141 Å². The summed E-state index contributed by atoms with van der Waals surface area (Å²) in [4.78, 5) is 38.9. The number of fused-ring (bicyclic) bond motifs is 5. The van der Waals surface area contributed by atoms with E-state index < -0.39 is 11.6 Å². The number of pyridine rings is 2. The van der Waals surface area contributed by atoms with Crippen molar-refractivity contribution in [1.82, 2.24) is 25.1 Å². The minimum Gasteiger partial charge on any atom is -0.388 e. The SMILES string of the molecule is N#Cc1cc2c(cc1F)C(Nc1nccc3cc(-c4c5c(nc(CCc6ccc(F)cc6)c4-c4n[nH]c(=O)o4)C4CCCN4C5=O)sc13)CC2. The first-order chi connectivity index (χ1) is 24.4. The van der Waals surface area contributed by atoms with Crippen molar-refractivity contribution < 1.29 is 18.0 Å². The van der Waals surface area contributed by atoms with E-state index in [2.05, 4.69) is 20.5 Å². The van der Waals surface area contributed by atoms with Crippen LogP contribution in [-0.2, 0) is 19.3 Å². The van der Waals surface area contributed by atoms with Gasteiger partial charge < -0.3 is 14.6 Å². The van der Waals surface area contributed by atoms with Crippen molar-refractivity contribution in [3.63, 3.8) is 0 Å². The lowest BCUT2D eigenvalue weighted by atomic mass is 9.93. The molecule has 1 fully saturated rings. The molecule has 2 aromatic carbocycles. The number of halogens is 2. The van der Waals surface area contributed by atoms with Gasteiger partial charge in [0.1, 0.15) is 23.5 Å². The second kappa shape index (κ2) is 11.7. The third-order valence-corrected chi connectivity index (χ3v) is 11.2. The average molecular weight is 688 g/mol. The minimum atomic E-state index is -0.731. The predicted molar refractivity (Wildman–Crippen MR) is 182 cm³/mol. The molecule has 1 amide bonds. The number of hydrogen-bond donors (Lipinski definition) is 2. The Balaban J connectivity index is 1.20. The first kappa shape index (κ1) is 30.3. The van der Waals surface area contributed by atoms with Crippen LogP contribution in [-0.4, -0.2) is 37.5 Å². The summed E-state index contributed by atoms with van der Waals surface area (Å²) >= 11 is 1.45. The molecule has 0 saturated carbocycles. The zero-order valence-corrected chi connectivity index (χ0v) is 27.2. The van der Waals surface area contributed by atoms with Crippen molar-refractivity contribution in [1.29, 1.82) is 5.26 Å². The van der Waals surface area contributed by atoms with Crippen LogP contribution in [0.15, 0.2) is 63.9 Å². The van der Waals surface area contributed by atoms with Crippen LogP contribution in [0, 0.1) is 23.0 Å². The Bertz CT molecular complexity index is 2460. The third kappa shape index (κ3) is 4.89. The molecule has 2 atom stereocenters. The largest absolute Gasteiger partial charge is 0.434 e. The van der Waals surface area contributed by atoms with Crippen molar-refractivity contribution in [2.75, 3.05) is 11.9 Å². The molecule has 248 valence electrons. The maximum atomic E-state index is 14.7. The number of aromatic nitrogens is 4. The summed E-state index contributed by atoms with van der Waals surface area (Å²) in [6.07, 6.45) is 5.74. The van der Waals surface area contributed by atoms with E-state index in [0.717, 1.165) is 44.5 Å². The Hall–Kier alpha value is -5.74. The highest BCUT2D eigenvalue weighted by Crippen LogP contribution is 2.50. The van der Waals surface area contributed by atoms with E-state index >= 15 is 0 Å². The Labute approximate surface area is 287 Å². The van der Waals surface area contributed by atoms with Gasteiger partial charge in [0.05, 0.1) is 44.9 Å². The normalized spacial score (nSPS) is 17.6. The van der Waals surface area contributed by atoms with Crippen LogP contribution in [0.5, 0.6) is 0 Å². The zero-order valence-electron chi connectivity index (χ0n) is 26.4. The lowest BCUT2D eigenvalue weighted by Gasteiger charge is -2.16. The van der Waals surface area contributed by atoms with E-state index in [1.807, 2.05) is 23.1 Å². The van der Waals surface area contributed by atoms with E-state index in [1.165, 1.54) is 29.5 Å². The van der Waals surface area contributed by atoms with Crippen molar-refractivity contribution >= 4 is 33.1 Å². The highest BCUT2D eigenvalue weighted by atomic mass is 32.1. The lowest BCUT2D eigenvalue weighted by molar-refractivity contribution is 0.0776. The van der Waals surface area contributed by atoms with E-state index in [-0.39, 0.29) is 35.3 Å². The molecule has 50 heavy (non-hydrogen) atoms. The van der Waals surface area contributed by atoms with Crippen LogP contribution in [0.3, 0.4) is 0 Å². The molecule has 9 rings (SSSR count).